The summed E-state index contributed by atoms with van der Waals surface area (Å²) >= 11 is 4.81. The molecule has 116 valence electrons. The Kier molecular flexibility index (Phi) is 5.62. The van der Waals surface area contributed by atoms with Crippen LogP contribution in [-0.4, -0.2) is 34.7 Å². The molecule has 0 aliphatic rings. The van der Waals surface area contributed by atoms with E-state index in [0.29, 0.717) is 5.95 Å². The van der Waals surface area contributed by atoms with Gasteiger partial charge in [0, 0.05) is 14.9 Å². The Morgan fingerprint density at radius 3 is 3.00 bits per heavy atom. The first-order chi connectivity index (χ1) is 10.5. The summed E-state index contributed by atoms with van der Waals surface area (Å²) in [6.45, 7) is 1.85. The number of nitrogen functional groups attached to an aromatic ring is 1. The van der Waals surface area contributed by atoms with Gasteiger partial charge in [0.05, 0.1) is 31.0 Å². The summed E-state index contributed by atoms with van der Waals surface area (Å²) in [6, 6.07) is 5.75. The Morgan fingerprint density at radius 2 is 2.36 bits per heavy atom. The molecule has 0 unspecified atom stereocenters. The highest BCUT2D eigenvalue weighted by Crippen LogP contribution is 2.26. The smallest absolute Gasteiger partial charge is 0.315 e. The number of hydrogen-bond acceptors (Lipinski definition) is 6. The van der Waals surface area contributed by atoms with E-state index in [0.717, 1.165) is 20.6 Å². The number of anilines is 1. The first kappa shape index (κ1) is 16.6. The SMILES string of the molecule is COC(=O)CSc1cc(Br)ccc1C=Nn1cc(C)nc1N. The van der Waals surface area contributed by atoms with Crippen LogP contribution < -0.4 is 5.73 Å². The van der Waals surface area contributed by atoms with E-state index in [1.807, 2.05) is 25.1 Å². The number of benzene rings is 1. The minimum absolute atomic E-state index is 0.236. The number of halogens is 1. The van der Waals surface area contributed by atoms with Crippen molar-refractivity contribution in [2.75, 3.05) is 18.6 Å². The fourth-order valence-electron chi connectivity index (χ4n) is 1.66. The molecule has 0 aliphatic heterocycles. The van der Waals surface area contributed by atoms with E-state index in [-0.39, 0.29) is 11.7 Å². The van der Waals surface area contributed by atoms with Crippen molar-refractivity contribution in [3.05, 3.63) is 40.1 Å². The van der Waals surface area contributed by atoms with E-state index in [1.54, 1.807) is 12.4 Å². The molecule has 0 amide bonds. The Morgan fingerprint density at radius 1 is 1.59 bits per heavy atom. The van der Waals surface area contributed by atoms with Crippen LogP contribution in [0, 0.1) is 6.92 Å². The molecule has 2 N–H and O–H groups in total. The normalized spacial score (nSPS) is 11.0. The number of aromatic nitrogens is 2. The number of carbonyl (C=O) groups excluding carboxylic acids is 1. The molecule has 0 spiro atoms. The molecule has 2 aromatic rings. The number of esters is 1. The molecule has 1 aromatic heterocycles. The zero-order valence-corrected chi connectivity index (χ0v) is 14.5. The maximum Gasteiger partial charge on any atom is 0.315 e. The number of thioether (sulfide) groups is 1. The molecule has 0 saturated heterocycles. The summed E-state index contributed by atoms with van der Waals surface area (Å²) in [4.78, 5) is 16.3. The van der Waals surface area contributed by atoms with Crippen LogP contribution in [-0.2, 0) is 9.53 Å². The topological polar surface area (TPSA) is 82.5 Å². The molecule has 6 nitrogen and oxygen atoms in total. The van der Waals surface area contributed by atoms with Crippen molar-refractivity contribution in [3.8, 4) is 0 Å². The summed E-state index contributed by atoms with van der Waals surface area (Å²) in [6.07, 6.45) is 3.43. The van der Waals surface area contributed by atoms with Crippen molar-refractivity contribution >= 4 is 45.8 Å². The Bertz CT molecular complexity index is 715. The van der Waals surface area contributed by atoms with Crippen molar-refractivity contribution in [1.29, 1.82) is 0 Å². The van der Waals surface area contributed by atoms with E-state index >= 15 is 0 Å². The number of ether oxygens (including phenoxy) is 1. The number of nitrogens with two attached hydrogens (primary N) is 1. The predicted octanol–water partition coefficient (Wildman–Crippen LogP) is 2.68. The summed E-state index contributed by atoms with van der Waals surface area (Å²) in [7, 11) is 1.37. The van der Waals surface area contributed by atoms with Crippen LogP contribution in [0.4, 0.5) is 5.95 Å². The van der Waals surface area contributed by atoms with Crippen LogP contribution in [0.5, 0.6) is 0 Å². The van der Waals surface area contributed by atoms with Gasteiger partial charge >= 0.3 is 5.97 Å². The second-order valence-corrected chi connectivity index (χ2v) is 6.31. The molecular formula is C14H15BrN4O2S. The molecule has 2 rings (SSSR count). The number of hydrogen-bond donors (Lipinski definition) is 1. The van der Waals surface area contributed by atoms with Crippen molar-refractivity contribution in [2.45, 2.75) is 11.8 Å². The van der Waals surface area contributed by atoms with Crippen LogP contribution in [0.15, 0.2) is 38.9 Å². The fourth-order valence-corrected chi connectivity index (χ4v) is 3.06. The molecule has 8 heteroatoms. The first-order valence-corrected chi connectivity index (χ1v) is 8.12. The largest absolute Gasteiger partial charge is 0.468 e. The van der Waals surface area contributed by atoms with Gasteiger partial charge in [0.1, 0.15) is 0 Å². The van der Waals surface area contributed by atoms with Gasteiger partial charge in [0.2, 0.25) is 5.95 Å². The third kappa shape index (κ3) is 4.35. The highest BCUT2D eigenvalue weighted by molar-refractivity contribution is 9.10. The van der Waals surface area contributed by atoms with Crippen molar-refractivity contribution in [2.24, 2.45) is 5.10 Å². The van der Waals surface area contributed by atoms with E-state index in [4.69, 9.17) is 5.73 Å². The van der Waals surface area contributed by atoms with E-state index in [9.17, 15) is 4.79 Å². The lowest BCUT2D eigenvalue weighted by Gasteiger charge is -2.06. The van der Waals surface area contributed by atoms with Crippen LogP contribution in [0.3, 0.4) is 0 Å². The van der Waals surface area contributed by atoms with Crippen molar-refractivity contribution in [3.63, 3.8) is 0 Å². The van der Waals surface area contributed by atoms with Crippen LogP contribution in [0.2, 0.25) is 0 Å². The molecule has 0 fully saturated rings. The van der Waals surface area contributed by atoms with Gasteiger partial charge in [-0.2, -0.15) is 5.10 Å². The quantitative estimate of drug-likeness (QED) is 0.488. The summed E-state index contributed by atoms with van der Waals surface area (Å²) < 4.78 is 7.09. The maximum atomic E-state index is 11.3. The number of methoxy groups -OCH3 is 1. The minimum atomic E-state index is -0.276. The molecule has 0 aliphatic carbocycles. The van der Waals surface area contributed by atoms with Gasteiger partial charge < -0.3 is 10.5 Å². The van der Waals surface area contributed by atoms with Crippen LogP contribution >= 0.6 is 27.7 Å². The molecule has 0 saturated carbocycles. The zero-order chi connectivity index (χ0) is 16.1. The van der Waals surface area contributed by atoms with Gasteiger partial charge in [-0.1, -0.05) is 22.0 Å². The van der Waals surface area contributed by atoms with Gasteiger partial charge in [-0.25, -0.2) is 9.66 Å². The summed E-state index contributed by atoms with van der Waals surface area (Å²) in [5.74, 6) is 0.289. The zero-order valence-electron chi connectivity index (χ0n) is 12.1. The Hall–Kier alpha value is -1.80. The van der Waals surface area contributed by atoms with E-state index in [2.05, 4.69) is 30.8 Å². The first-order valence-electron chi connectivity index (χ1n) is 6.34. The van der Waals surface area contributed by atoms with Gasteiger partial charge in [-0.3, -0.25) is 4.79 Å². The highest BCUT2D eigenvalue weighted by atomic mass is 79.9. The second kappa shape index (κ2) is 7.46. The minimum Gasteiger partial charge on any atom is -0.468 e. The van der Waals surface area contributed by atoms with Gasteiger partial charge in [-0.05, 0) is 19.1 Å². The number of rotatable bonds is 5. The maximum absolute atomic E-state index is 11.3. The average molecular weight is 383 g/mol. The summed E-state index contributed by atoms with van der Waals surface area (Å²) in [5, 5.41) is 4.29. The molecule has 0 atom stereocenters. The number of imidazole rings is 1. The standard InChI is InChI=1S/C14H15BrN4O2S/c1-9-7-19(14(16)18-9)17-6-10-3-4-11(15)5-12(10)22-8-13(20)21-2/h3-7H,8H2,1-2H3,(H2,16,18). The van der Waals surface area contributed by atoms with Crippen LogP contribution in [0.25, 0.3) is 0 Å². The fraction of sp³-hybridized carbons (Fsp3) is 0.214. The van der Waals surface area contributed by atoms with Gasteiger partial charge in [-0.15, -0.1) is 11.8 Å². The van der Waals surface area contributed by atoms with Crippen molar-refractivity contribution in [1.82, 2.24) is 9.66 Å². The summed E-state index contributed by atoms with van der Waals surface area (Å²) in [5.41, 5.74) is 7.42. The second-order valence-electron chi connectivity index (χ2n) is 4.38. The number of carbonyl (C=O) groups is 1. The molecule has 0 radical (unpaired) electrons. The highest BCUT2D eigenvalue weighted by Gasteiger charge is 2.07. The monoisotopic (exact) mass is 382 g/mol. The van der Waals surface area contributed by atoms with Crippen LogP contribution in [0.1, 0.15) is 11.3 Å². The number of aryl methyl sites for hydroxylation is 1. The lowest BCUT2D eigenvalue weighted by Crippen LogP contribution is -2.03. The lowest BCUT2D eigenvalue weighted by atomic mass is 10.2. The molecule has 1 aromatic carbocycles. The molecular weight excluding hydrogens is 368 g/mol. The van der Waals surface area contributed by atoms with E-state index in [1.165, 1.54) is 23.5 Å². The Balaban J connectivity index is 2.22. The third-order valence-corrected chi connectivity index (χ3v) is 4.24. The predicted molar refractivity (Wildman–Crippen MR) is 91.3 cm³/mol. The van der Waals surface area contributed by atoms with Gasteiger partial charge in [0.15, 0.2) is 0 Å². The average Bonchev–Trinajstić information content (AvgIpc) is 2.81. The van der Waals surface area contributed by atoms with Gasteiger partial charge in [0.25, 0.3) is 0 Å². The molecule has 1 heterocycles. The third-order valence-electron chi connectivity index (χ3n) is 2.70. The Labute approximate surface area is 140 Å². The molecule has 0 bridgehead atoms. The van der Waals surface area contributed by atoms with E-state index < -0.39 is 0 Å². The lowest BCUT2D eigenvalue weighted by molar-refractivity contribution is -0.137. The van der Waals surface area contributed by atoms with Crippen molar-refractivity contribution < 1.29 is 9.53 Å². The molecule has 22 heavy (non-hydrogen) atoms. The number of nitrogens with zero attached hydrogens (tertiary/aromatic N) is 3.